The molecule has 0 aliphatic carbocycles. The number of nitrogens with zero attached hydrogens (tertiary/aromatic N) is 2. The summed E-state index contributed by atoms with van der Waals surface area (Å²) in [5.74, 6) is 2.66. The Morgan fingerprint density at radius 1 is 1.00 bits per heavy atom. The highest BCUT2D eigenvalue weighted by molar-refractivity contribution is 14.0. The molecule has 0 unspecified atom stereocenters. The molecule has 2 aromatic carbocycles. The Morgan fingerprint density at radius 3 is 2.21 bits per heavy atom. The Kier molecular flexibility index (Phi) is 12.4. The van der Waals surface area contributed by atoms with Crippen molar-refractivity contribution in [2.45, 2.75) is 19.9 Å². The van der Waals surface area contributed by atoms with Crippen molar-refractivity contribution >= 4 is 35.8 Å². The van der Waals surface area contributed by atoms with Gasteiger partial charge in [-0.05, 0) is 31.0 Å². The highest BCUT2D eigenvalue weighted by Gasteiger charge is 2.13. The second-order valence-electron chi connectivity index (χ2n) is 7.28. The zero-order valence-corrected chi connectivity index (χ0v) is 22.6. The molecule has 0 fully saturated rings. The van der Waals surface area contributed by atoms with E-state index in [2.05, 4.69) is 15.6 Å². The molecule has 182 valence electrons. The van der Waals surface area contributed by atoms with Gasteiger partial charge in [0.1, 0.15) is 17.2 Å². The third-order valence-electron chi connectivity index (χ3n) is 4.84. The Bertz CT molecular complexity index is 909. The number of rotatable bonds is 10. The van der Waals surface area contributed by atoms with Crippen LogP contribution in [0.5, 0.6) is 17.2 Å². The monoisotopic (exact) mass is 570 g/mol. The van der Waals surface area contributed by atoms with Gasteiger partial charge >= 0.3 is 0 Å². The van der Waals surface area contributed by atoms with Crippen LogP contribution in [0.4, 0.5) is 0 Å². The molecule has 0 aromatic heterocycles. The second kappa shape index (κ2) is 14.5. The second-order valence-corrected chi connectivity index (χ2v) is 7.28. The molecule has 33 heavy (non-hydrogen) atoms. The summed E-state index contributed by atoms with van der Waals surface area (Å²) in [6, 6.07) is 11.3. The number of amides is 1. The summed E-state index contributed by atoms with van der Waals surface area (Å²) >= 11 is 0. The van der Waals surface area contributed by atoms with Gasteiger partial charge in [0.25, 0.3) is 5.91 Å². The molecule has 8 nitrogen and oxygen atoms in total. The van der Waals surface area contributed by atoms with Gasteiger partial charge in [0.05, 0.1) is 33.4 Å². The minimum atomic E-state index is -0.00269. The number of ether oxygens (including phenoxy) is 3. The van der Waals surface area contributed by atoms with Crippen molar-refractivity contribution in [3.8, 4) is 17.2 Å². The van der Waals surface area contributed by atoms with Crippen molar-refractivity contribution in [1.29, 1.82) is 0 Å². The number of nitrogens with one attached hydrogen (secondary N) is 2. The van der Waals surface area contributed by atoms with Crippen LogP contribution in [0.15, 0.2) is 41.4 Å². The number of carbonyl (C=O) groups excluding carboxylic acids is 1. The number of guanidine groups is 1. The predicted octanol–water partition coefficient (Wildman–Crippen LogP) is 3.33. The van der Waals surface area contributed by atoms with Crippen molar-refractivity contribution < 1.29 is 19.0 Å². The van der Waals surface area contributed by atoms with Crippen LogP contribution in [-0.2, 0) is 13.0 Å². The molecule has 0 aliphatic rings. The quantitative estimate of drug-likeness (QED) is 0.259. The van der Waals surface area contributed by atoms with E-state index < -0.39 is 0 Å². The number of hydrogen-bond acceptors (Lipinski definition) is 5. The SMILES string of the molecule is CCNC(=NCc1c(OC)cc(OC)cc1OC)NCCc1cccc(C(=O)N(C)C)c1.I. The summed E-state index contributed by atoms with van der Waals surface area (Å²) in [6.07, 6.45) is 0.758. The van der Waals surface area contributed by atoms with Gasteiger partial charge < -0.3 is 29.7 Å². The fourth-order valence-corrected chi connectivity index (χ4v) is 3.18. The molecule has 0 bridgehead atoms. The maximum atomic E-state index is 12.2. The molecule has 0 heterocycles. The first-order chi connectivity index (χ1) is 15.4. The molecule has 2 N–H and O–H groups in total. The molecule has 0 spiro atoms. The third kappa shape index (κ3) is 8.30. The Morgan fingerprint density at radius 2 is 1.67 bits per heavy atom. The van der Waals surface area contributed by atoms with E-state index in [0.717, 1.165) is 24.1 Å². The van der Waals surface area contributed by atoms with Crippen LogP contribution >= 0.6 is 24.0 Å². The van der Waals surface area contributed by atoms with Gasteiger partial charge in [0, 0.05) is 44.9 Å². The zero-order chi connectivity index (χ0) is 23.5. The Labute approximate surface area is 213 Å². The van der Waals surface area contributed by atoms with Gasteiger partial charge in [-0.1, -0.05) is 12.1 Å². The summed E-state index contributed by atoms with van der Waals surface area (Å²) in [5.41, 5.74) is 2.61. The zero-order valence-electron chi connectivity index (χ0n) is 20.2. The average molecular weight is 570 g/mol. The van der Waals surface area contributed by atoms with E-state index >= 15 is 0 Å². The van der Waals surface area contributed by atoms with Crippen molar-refractivity contribution in [3.05, 3.63) is 53.1 Å². The van der Waals surface area contributed by atoms with Gasteiger partial charge in [-0.15, -0.1) is 24.0 Å². The Hall–Kier alpha value is -2.69. The fourth-order valence-electron chi connectivity index (χ4n) is 3.18. The third-order valence-corrected chi connectivity index (χ3v) is 4.84. The minimum Gasteiger partial charge on any atom is -0.496 e. The topological polar surface area (TPSA) is 84.4 Å². The van der Waals surface area contributed by atoms with E-state index in [1.807, 2.05) is 43.3 Å². The van der Waals surface area contributed by atoms with E-state index in [-0.39, 0.29) is 29.9 Å². The predicted molar refractivity (Wildman–Crippen MR) is 142 cm³/mol. The molecular formula is C24H35IN4O4. The maximum absolute atomic E-state index is 12.2. The lowest BCUT2D eigenvalue weighted by atomic mass is 10.1. The van der Waals surface area contributed by atoms with Crippen LogP contribution in [0.1, 0.15) is 28.4 Å². The molecular weight excluding hydrogens is 535 g/mol. The summed E-state index contributed by atoms with van der Waals surface area (Å²) in [6.45, 7) is 3.79. The summed E-state index contributed by atoms with van der Waals surface area (Å²) < 4.78 is 16.3. The minimum absolute atomic E-state index is 0. The van der Waals surface area contributed by atoms with Crippen LogP contribution in [0.2, 0.25) is 0 Å². The molecule has 0 atom stereocenters. The number of aliphatic imine (C=N–C) groups is 1. The van der Waals surface area contributed by atoms with Crippen LogP contribution < -0.4 is 24.8 Å². The number of halogens is 1. The van der Waals surface area contributed by atoms with Gasteiger partial charge in [-0.3, -0.25) is 4.79 Å². The van der Waals surface area contributed by atoms with Gasteiger partial charge in [0.2, 0.25) is 0 Å². The molecule has 9 heteroatoms. The summed E-state index contributed by atoms with van der Waals surface area (Å²) in [4.78, 5) is 18.4. The van der Waals surface area contributed by atoms with Gasteiger partial charge in [-0.25, -0.2) is 4.99 Å². The largest absolute Gasteiger partial charge is 0.496 e. The van der Waals surface area contributed by atoms with Crippen molar-refractivity contribution in [2.75, 3.05) is 48.5 Å². The van der Waals surface area contributed by atoms with Crippen LogP contribution in [0, 0.1) is 0 Å². The maximum Gasteiger partial charge on any atom is 0.253 e. The average Bonchev–Trinajstić information content (AvgIpc) is 2.81. The first-order valence-corrected chi connectivity index (χ1v) is 10.5. The molecule has 2 rings (SSSR count). The van der Waals surface area contributed by atoms with Gasteiger partial charge in [0.15, 0.2) is 5.96 Å². The number of methoxy groups -OCH3 is 3. The molecule has 2 aromatic rings. The molecule has 1 amide bonds. The summed E-state index contributed by atoms with van der Waals surface area (Å²) in [5, 5.41) is 6.60. The van der Waals surface area contributed by atoms with E-state index in [1.165, 1.54) is 0 Å². The number of hydrogen-bond donors (Lipinski definition) is 2. The van der Waals surface area contributed by atoms with Crippen molar-refractivity contribution in [3.63, 3.8) is 0 Å². The highest BCUT2D eigenvalue weighted by Crippen LogP contribution is 2.34. The Balaban J connectivity index is 0.00000544. The first-order valence-electron chi connectivity index (χ1n) is 10.5. The first kappa shape index (κ1) is 28.3. The van der Waals surface area contributed by atoms with E-state index in [9.17, 15) is 4.79 Å². The van der Waals surface area contributed by atoms with Gasteiger partial charge in [-0.2, -0.15) is 0 Å². The fraction of sp³-hybridized carbons (Fsp3) is 0.417. The lowest BCUT2D eigenvalue weighted by Crippen LogP contribution is -2.38. The number of benzene rings is 2. The van der Waals surface area contributed by atoms with E-state index in [4.69, 9.17) is 14.2 Å². The van der Waals surface area contributed by atoms with Crippen LogP contribution in [-0.4, -0.2) is 65.3 Å². The standard InChI is InChI=1S/C24H34N4O4.HI/c1-7-25-24(26-12-11-17-9-8-10-18(13-17)23(29)28(2)3)27-16-20-21(31-5)14-19(30-4)15-22(20)32-6;/h8-10,13-15H,7,11-12,16H2,1-6H3,(H2,25,26,27);1H. The molecule has 0 radical (unpaired) electrons. The molecule has 0 saturated heterocycles. The van der Waals surface area contributed by atoms with E-state index in [1.54, 1.807) is 40.3 Å². The molecule has 0 saturated carbocycles. The van der Waals surface area contributed by atoms with Crippen LogP contribution in [0.3, 0.4) is 0 Å². The molecule has 0 aliphatic heterocycles. The van der Waals surface area contributed by atoms with E-state index in [0.29, 0.717) is 41.9 Å². The van der Waals surface area contributed by atoms with Crippen LogP contribution in [0.25, 0.3) is 0 Å². The van der Waals surface area contributed by atoms with Crippen molar-refractivity contribution in [1.82, 2.24) is 15.5 Å². The normalized spacial score (nSPS) is 10.7. The highest BCUT2D eigenvalue weighted by atomic mass is 127. The lowest BCUT2D eigenvalue weighted by Gasteiger charge is -2.15. The summed E-state index contributed by atoms with van der Waals surface area (Å²) in [7, 11) is 8.33. The smallest absolute Gasteiger partial charge is 0.253 e. The lowest BCUT2D eigenvalue weighted by molar-refractivity contribution is 0.0827. The van der Waals surface area contributed by atoms with Crippen molar-refractivity contribution in [2.24, 2.45) is 4.99 Å². The number of carbonyl (C=O) groups is 1.